The second-order valence-corrected chi connectivity index (χ2v) is 5.66. The Labute approximate surface area is 130 Å². The zero-order chi connectivity index (χ0) is 15.5. The molecule has 0 aliphatic carbocycles. The Morgan fingerprint density at radius 3 is 2.86 bits per heavy atom. The van der Waals surface area contributed by atoms with Crippen molar-refractivity contribution in [2.75, 3.05) is 6.54 Å². The molecule has 0 unspecified atom stereocenters. The van der Waals surface area contributed by atoms with Crippen LogP contribution in [0.5, 0.6) is 0 Å². The van der Waals surface area contributed by atoms with E-state index in [1.165, 1.54) is 17.5 Å². The van der Waals surface area contributed by atoms with E-state index in [2.05, 4.69) is 9.97 Å². The van der Waals surface area contributed by atoms with E-state index in [1.807, 2.05) is 5.38 Å². The Hall–Kier alpha value is -2.48. The first-order valence-corrected chi connectivity index (χ1v) is 7.72. The SMILES string of the molecule is O=C1CCN(Cc2cscn2)C(=O)N1Cc1ccc[nH]c1=O. The average molecular weight is 318 g/mol. The number of hydrogen-bond donors (Lipinski definition) is 1. The van der Waals surface area contributed by atoms with Crippen LogP contribution < -0.4 is 5.56 Å². The summed E-state index contributed by atoms with van der Waals surface area (Å²) in [5.74, 6) is -0.261. The number of pyridine rings is 1. The molecule has 1 fully saturated rings. The van der Waals surface area contributed by atoms with Crippen LogP contribution in [-0.2, 0) is 17.9 Å². The van der Waals surface area contributed by atoms with Crippen LogP contribution in [0.15, 0.2) is 34.0 Å². The molecular formula is C14H14N4O3S. The van der Waals surface area contributed by atoms with Gasteiger partial charge in [0.1, 0.15) is 0 Å². The highest BCUT2D eigenvalue weighted by molar-refractivity contribution is 7.07. The third kappa shape index (κ3) is 2.91. The Bertz CT molecular complexity index is 741. The van der Waals surface area contributed by atoms with E-state index in [0.717, 1.165) is 10.6 Å². The summed E-state index contributed by atoms with van der Waals surface area (Å²) in [7, 11) is 0. The lowest BCUT2D eigenvalue weighted by molar-refractivity contribution is -0.131. The molecule has 0 saturated carbocycles. The summed E-state index contributed by atoms with van der Waals surface area (Å²) in [6.07, 6.45) is 1.76. The van der Waals surface area contributed by atoms with E-state index in [0.29, 0.717) is 18.7 Å². The lowest BCUT2D eigenvalue weighted by atomic mass is 10.2. The molecule has 0 atom stereocenters. The second kappa shape index (κ2) is 6.10. The minimum Gasteiger partial charge on any atom is -0.329 e. The molecule has 8 heteroatoms. The molecule has 0 aromatic carbocycles. The van der Waals surface area contributed by atoms with Crippen molar-refractivity contribution in [1.82, 2.24) is 19.8 Å². The first-order valence-electron chi connectivity index (χ1n) is 6.78. The van der Waals surface area contributed by atoms with Crippen molar-refractivity contribution < 1.29 is 9.59 Å². The largest absolute Gasteiger partial charge is 0.329 e. The quantitative estimate of drug-likeness (QED) is 0.917. The van der Waals surface area contributed by atoms with Crippen molar-refractivity contribution in [3.8, 4) is 0 Å². The maximum atomic E-state index is 12.5. The predicted molar refractivity (Wildman–Crippen MR) is 80.1 cm³/mol. The molecule has 1 aliphatic rings. The van der Waals surface area contributed by atoms with E-state index in [9.17, 15) is 14.4 Å². The molecule has 1 aliphatic heterocycles. The summed E-state index contributed by atoms with van der Waals surface area (Å²) in [6, 6.07) is 2.90. The molecule has 2 aromatic heterocycles. The second-order valence-electron chi connectivity index (χ2n) is 4.94. The average Bonchev–Trinajstić information content (AvgIpc) is 3.01. The monoisotopic (exact) mass is 318 g/mol. The summed E-state index contributed by atoms with van der Waals surface area (Å²) in [6.45, 7) is 0.732. The number of aromatic amines is 1. The van der Waals surface area contributed by atoms with Gasteiger partial charge in [-0.25, -0.2) is 9.78 Å². The van der Waals surface area contributed by atoms with Crippen LogP contribution in [0.2, 0.25) is 0 Å². The summed E-state index contributed by atoms with van der Waals surface area (Å²) >= 11 is 1.46. The van der Waals surface area contributed by atoms with Gasteiger partial charge in [-0.05, 0) is 6.07 Å². The summed E-state index contributed by atoms with van der Waals surface area (Å²) in [4.78, 5) is 45.6. The van der Waals surface area contributed by atoms with Gasteiger partial charge in [0.25, 0.3) is 5.56 Å². The van der Waals surface area contributed by atoms with Gasteiger partial charge >= 0.3 is 6.03 Å². The number of H-pyrrole nitrogens is 1. The number of urea groups is 1. The highest BCUT2D eigenvalue weighted by atomic mass is 32.1. The van der Waals surface area contributed by atoms with Crippen molar-refractivity contribution in [2.45, 2.75) is 19.5 Å². The molecule has 7 nitrogen and oxygen atoms in total. The van der Waals surface area contributed by atoms with E-state index >= 15 is 0 Å². The molecule has 1 saturated heterocycles. The van der Waals surface area contributed by atoms with Gasteiger partial charge in [0.15, 0.2) is 0 Å². The molecule has 2 aromatic rings. The highest BCUT2D eigenvalue weighted by Gasteiger charge is 2.32. The fourth-order valence-corrected chi connectivity index (χ4v) is 2.85. The Morgan fingerprint density at radius 1 is 1.27 bits per heavy atom. The zero-order valence-electron chi connectivity index (χ0n) is 11.7. The van der Waals surface area contributed by atoms with Crippen LogP contribution in [0.3, 0.4) is 0 Å². The summed E-state index contributed by atoms with van der Waals surface area (Å²) in [5, 5.41) is 1.87. The van der Waals surface area contributed by atoms with E-state index in [1.54, 1.807) is 22.5 Å². The fourth-order valence-electron chi connectivity index (χ4n) is 2.30. The van der Waals surface area contributed by atoms with Crippen molar-refractivity contribution in [3.63, 3.8) is 0 Å². The summed E-state index contributed by atoms with van der Waals surface area (Å²) in [5.41, 5.74) is 2.60. The standard InChI is InChI=1S/C14H14N4O3S/c19-12-3-5-17(7-11-8-22-9-16-11)14(21)18(12)6-10-2-1-4-15-13(10)20/h1-2,4,8-9H,3,5-7H2,(H,15,20). The van der Waals surface area contributed by atoms with Gasteiger partial charge in [-0.3, -0.25) is 14.5 Å². The third-order valence-electron chi connectivity index (χ3n) is 3.46. The van der Waals surface area contributed by atoms with Gasteiger partial charge in [0.2, 0.25) is 5.91 Å². The lowest BCUT2D eigenvalue weighted by Crippen LogP contribution is -2.51. The Balaban J connectivity index is 1.77. The molecule has 0 radical (unpaired) electrons. The maximum Gasteiger partial charge on any atom is 0.327 e. The number of nitrogens with one attached hydrogen (secondary N) is 1. The highest BCUT2D eigenvalue weighted by Crippen LogP contribution is 2.16. The number of imide groups is 1. The lowest BCUT2D eigenvalue weighted by Gasteiger charge is -2.33. The van der Waals surface area contributed by atoms with Crippen LogP contribution >= 0.6 is 11.3 Å². The third-order valence-corrected chi connectivity index (χ3v) is 4.10. The zero-order valence-corrected chi connectivity index (χ0v) is 12.5. The van der Waals surface area contributed by atoms with Crippen molar-refractivity contribution in [2.24, 2.45) is 0 Å². The van der Waals surface area contributed by atoms with Crippen LogP contribution in [-0.4, -0.2) is 38.3 Å². The molecule has 22 heavy (non-hydrogen) atoms. The molecule has 1 N–H and O–H groups in total. The maximum absolute atomic E-state index is 12.5. The molecule has 0 spiro atoms. The predicted octanol–water partition coefficient (Wildman–Crippen LogP) is 1.19. The smallest absolute Gasteiger partial charge is 0.327 e. The van der Waals surface area contributed by atoms with Gasteiger partial charge in [0, 0.05) is 30.1 Å². The molecule has 0 bridgehead atoms. The number of rotatable bonds is 4. The minimum absolute atomic E-state index is 0.0125. The number of amides is 3. The van der Waals surface area contributed by atoms with Gasteiger partial charge < -0.3 is 9.88 Å². The number of hydrogen-bond acceptors (Lipinski definition) is 5. The number of carbonyl (C=O) groups is 2. The number of aromatic nitrogens is 2. The number of nitrogens with zero attached hydrogens (tertiary/aromatic N) is 3. The fraction of sp³-hybridized carbons (Fsp3) is 0.286. The van der Waals surface area contributed by atoms with E-state index in [-0.39, 0.29) is 30.5 Å². The van der Waals surface area contributed by atoms with Crippen molar-refractivity contribution in [3.05, 3.63) is 50.8 Å². The Morgan fingerprint density at radius 2 is 2.14 bits per heavy atom. The van der Waals surface area contributed by atoms with Gasteiger partial charge in [-0.15, -0.1) is 11.3 Å². The molecule has 3 rings (SSSR count). The Kier molecular flexibility index (Phi) is 4.01. The minimum atomic E-state index is -0.382. The van der Waals surface area contributed by atoms with E-state index < -0.39 is 0 Å². The number of carbonyl (C=O) groups excluding carboxylic acids is 2. The molecular weight excluding hydrogens is 304 g/mol. The molecule has 3 heterocycles. The molecule has 3 amide bonds. The van der Waals surface area contributed by atoms with E-state index in [4.69, 9.17) is 0 Å². The molecule has 114 valence electrons. The normalized spacial score (nSPS) is 15.5. The van der Waals surface area contributed by atoms with Gasteiger partial charge in [-0.1, -0.05) is 6.07 Å². The van der Waals surface area contributed by atoms with Gasteiger partial charge in [-0.2, -0.15) is 0 Å². The van der Waals surface area contributed by atoms with Crippen molar-refractivity contribution in [1.29, 1.82) is 0 Å². The van der Waals surface area contributed by atoms with Crippen LogP contribution in [0.25, 0.3) is 0 Å². The first kappa shape index (κ1) is 14.5. The summed E-state index contributed by atoms with van der Waals surface area (Å²) < 4.78 is 0. The first-order chi connectivity index (χ1) is 10.6. The number of thiazole rings is 1. The van der Waals surface area contributed by atoms with Crippen LogP contribution in [0.1, 0.15) is 17.7 Å². The van der Waals surface area contributed by atoms with Crippen molar-refractivity contribution >= 4 is 23.3 Å². The van der Waals surface area contributed by atoms with Crippen LogP contribution in [0, 0.1) is 0 Å². The topological polar surface area (TPSA) is 86.4 Å². The van der Waals surface area contributed by atoms with Gasteiger partial charge in [0.05, 0.1) is 24.3 Å². The van der Waals surface area contributed by atoms with Crippen LogP contribution in [0.4, 0.5) is 4.79 Å².